The summed E-state index contributed by atoms with van der Waals surface area (Å²) in [5.74, 6) is -0.0505. The number of nitrogens with one attached hydrogen (secondary N) is 2. The number of para-hydroxylation sites is 1. The van der Waals surface area contributed by atoms with Gasteiger partial charge in [-0.3, -0.25) is 4.79 Å². The molecule has 0 atom stereocenters. The van der Waals surface area contributed by atoms with Gasteiger partial charge >= 0.3 is 6.03 Å². The fourth-order valence-corrected chi connectivity index (χ4v) is 2.49. The summed E-state index contributed by atoms with van der Waals surface area (Å²) < 4.78 is 5.26. The molecule has 0 aliphatic carbocycles. The average molecular weight is 325 g/mol. The molecule has 3 rings (SSSR count). The van der Waals surface area contributed by atoms with Gasteiger partial charge in [0, 0.05) is 30.0 Å². The van der Waals surface area contributed by atoms with E-state index in [1.54, 1.807) is 41.3 Å². The van der Waals surface area contributed by atoms with Gasteiger partial charge in [-0.2, -0.15) is 0 Å². The number of anilines is 2. The average Bonchev–Trinajstić information content (AvgIpc) is 2.63. The summed E-state index contributed by atoms with van der Waals surface area (Å²) in [7, 11) is 0. The van der Waals surface area contributed by atoms with E-state index in [1.807, 2.05) is 18.2 Å². The molecule has 6 nitrogen and oxygen atoms in total. The van der Waals surface area contributed by atoms with Gasteiger partial charge in [-0.1, -0.05) is 24.3 Å². The summed E-state index contributed by atoms with van der Waals surface area (Å²) >= 11 is 0. The first-order chi connectivity index (χ1) is 11.7. The molecule has 1 aliphatic heterocycles. The van der Waals surface area contributed by atoms with E-state index < -0.39 is 0 Å². The zero-order valence-corrected chi connectivity index (χ0v) is 13.2. The first-order valence-electron chi connectivity index (χ1n) is 7.82. The van der Waals surface area contributed by atoms with Crippen LogP contribution in [0, 0.1) is 0 Å². The summed E-state index contributed by atoms with van der Waals surface area (Å²) in [6.07, 6.45) is 0. The van der Waals surface area contributed by atoms with E-state index in [-0.39, 0.29) is 11.9 Å². The van der Waals surface area contributed by atoms with E-state index in [4.69, 9.17) is 4.74 Å². The van der Waals surface area contributed by atoms with Crippen molar-refractivity contribution in [2.45, 2.75) is 0 Å². The van der Waals surface area contributed by atoms with E-state index in [2.05, 4.69) is 10.6 Å². The molecular formula is C18H19N3O3. The number of ether oxygens (including phenoxy) is 1. The van der Waals surface area contributed by atoms with Crippen molar-refractivity contribution < 1.29 is 14.3 Å². The van der Waals surface area contributed by atoms with Crippen LogP contribution in [0.1, 0.15) is 10.4 Å². The second kappa shape index (κ2) is 7.61. The minimum absolute atomic E-state index is 0.0505. The highest BCUT2D eigenvalue weighted by Gasteiger charge is 2.18. The van der Waals surface area contributed by atoms with Gasteiger partial charge in [-0.15, -0.1) is 0 Å². The molecular weight excluding hydrogens is 306 g/mol. The van der Waals surface area contributed by atoms with Crippen LogP contribution in [0.3, 0.4) is 0 Å². The first-order valence-corrected chi connectivity index (χ1v) is 7.82. The maximum atomic E-state index is 12.5. The lowest BCUT2D eigenvalue weighted by Crippen LogP contribution is -2.40. The van der Waals surface area contributed by atoms with Crippen LogP contribution in [0.15, 0.2) is 54.6 Å². The highest BCUT2D eigenvalue weighted by Crippen LogP contribution is 2.14. The van der Waals surface area contributed by atoms with Gasteiger partial charge in [-0.25, -0.2) is 4.79 Å². The highest BCUT2D eigenvalue weighted by molar-refractivity contribution is 6.01. The van der Waals surface area contributed by atoms with Crippen molar-refractivity contribution in [2.75, 3.05) is 36.9 Å². The maximum Gasteiger partial charge on any atom is 0.323 e. The van der Waals surface area contributed by atoms with Crippen LogP contribution in [0.4, 0.5) is 16.2 Å². The summed E-state index contributed by atoms with van der Waals surface area (Å²) in [5.41, 5.74) is 1.83. The third-order valence-electron chi connectivity index (χ3n) is 3.70. The number of carbonyl (C=O) groups is 2. The Morgan fingerprint density at radius 1 is 0.875 bits per heavy atom. The van der Waals surface area contributed by atoms with Gasteiger partial charge in [0.2, 0.25) is 0 Å². The van der Waals surface area contributed by atoms with Crippen molar-refractivity contribution in [2.24, 2.45) is 0 Å². The molecule has 1 heterocycles. The van der Waals surface area contributed by atoms with Gasteiger partial charge < -0.3 is 20.3 Å². The lowest BCUT2D eigenvalue weighted by Gasteiger charge is -2.27. The molecule has 124 valence electrons. The monoisotopic (exact) mass is 325 g/mol. The van der Waals surface area contributed by atoms with Crippen molar-refractivity contribution in [3.63, 3.8) is 0 Å². The molecule has 6 heteroatoms. The maximum absolute atomic E-state index is 12.5. The molecule has 0 aromatic heterocycles. The molecule has 0 spiro atoms. The fourth-order valence-electron chi connectivity index (χ4n) is 2.49. The number of hydrogen-bond donors (Lipinski definition) is 2. The van der Waals surface area contributed by atoms with Crippen molar-refractivity contribution in [1.82, 2.24) is 4.90 Å². The van der Waals surface area contributed by atoms with Gasteiger partial charge in [0.05, 0.1) is 13.2 Å². The number of morpholine rings is 1. The third kappa shape index (κ3) is 4.11. The largest absolute Gasteiger partial charge is 0.378 e. The lowest BCUT2D eigenvalue weighted by molar-refractivity contribution is 0.0303. The van der Waals surface area contributed by atoms with E-state index in [1.165, 1.54) is 0 Å². The smallest absolute Gasteiger partial charge is 0.323 e. The molecule has 24 heavy (non-hydrogen) atoms. The topological polar surface area (TPSA) is 70.7 Å². The second-order valence-electron chi connectivity index (χ2n) is 5.43. The van der Waals surface area contributed by atoms with E-state index in [0.29, 0.717) is 43.2 Å². The Balaban J connectivity index is 1.64. The highest BCUT2D eigenvalue weighted by atomic mass is 16.5. The lowest BCUT2D eigenvalue weighted by atomic mass is 10.1. The number of urea groups is 1. The molecule has 2 N–H and O–H groups in total. The summed E-state index contributed by atoms with van der Waals surface area (Å²) in [4.78, 5) is 26.3. The Hall–Kier alpha value is -2.86. The van der Waals surface area contributed by atoms with Crippen LogP contribution < -0.4 is 10.6 Å². The van der Waals surface area contributed by atoms with Gasteiger partial charge in [0.15, 0.2) is 0 Å². The number of amides is 3. The van der Waals surface area contributed by atoms with Gasteiger partial charge in [-0.05, 0) is 30.3 Å². The Kier molecular flexibility index (Phi) is 5.08. The number of carbonyl (C=O) groups excluding carboxylic acids is 2. The third-order valence-corrected chi connectivity index (χ3v) is 3.70. The molecule has 1 aliphatic rings. The summed E-state index contributed by atoms with van der Waals surface area (Å²) in [6, 6.07) is 15.8. The van der Waals surface area contributed by atoms with Gasteiger partial charge in [0.1, 0.15) is 0 Å². The molecule has 1 saturated heterocycles. The number of nitrogens with zero attached hydrogens (tertiary/aromatic N) is 1. The standard InChI is InChI=1S/C18H19N3O3/c22-17(21-9-11-24-12-10-21)14-5-4-8-16(13-14)20-18(23)19-15-6-2-1-3-7-15/h1-8,13H,9-12H2,(H2,19,20,23). The molecule has 0 unspecified atom stereocenters. The molecule has 1 fully saturated rings. The molecule has 2 aromatic carbocycles. The van der Waals surface area contributed by atoms with Crippen LogP contribution in [0.5, 0.6) is 0 Å². The molecule has 0 saturated carbocycles. The van der Waals surface area contributed by atoms with E-state index in [0.717, 1.165) is 0 Å². The minimum atomic E-state index is -0.350. The normalized spacial score (nSPS) is 14.1. The predicted octanol–water partition coefficient (Wildman–Crippen LogP) is 2.80. The van der Waals surface area contributed by atoms with E-state index in [9.17, 15) is 9.59 Å². The quantitative estimate of drug-likeness (QED) is 0.911. The molecule has 2 aromatic rings. The van der Waals surface area contributed by atoms with Gasteiger partial charge in [0.25, 0.3) is 5.91 Å². The van der Waals surface area contributed by atoms with Crippen LogP contribution in [0.25, 0.3) is 0 Å². The fraction of sp³-hybridized carbons (Fsp3) is 0.222. The SMILES string of the molecule is O=C(Nc1ccccc1)Nc1cccc(C(=O)N2CCOCC2)c1. The zero-order chi connectivity index (χ0) is 16.8. The number of benzene rings is 2. The van der Waals surface area contributed by atoms with Crippen LogP contribution in [0.2, 0.25) is 0 Å². The van der Waals surface area contributed by atoms with Crippen molar-refractivity contribution in [3.05, 3.63) is 60.2 Å². The Morgan fingerprint density at radius 2 is 1.54 bits per heavy atom. The second-order valence-corrected chi connectivity index (χ2v) is 5.43. The summed E-state index contributed by atoms with van der Waals surface area (Å²) in [6.45, 7) is 2.29. The summed E-state index contributed by atoms with van der Waals surface area (Å²) in [5, 5.41) is 5.48. The predicted molar refractivity (Wildman–Crippen MR) is 92.2 cm³/mol. The molecule has 3 amide bonds. The van der Waals surface area contributed by atoms with Crippen molar-refractivity contribution in [1.29, 1.82) is 0 Å². The van der Waals surface area contributed by atoms with Crippen molar-refractivity contribution >= 4 is 23.3 Å². The Morgan fingerprint density at radius 3 is 2.29 bits per heavy atom. The molecule has 0 bridgehead atoms. The van der Waals surface area contributed by atoms with Crippen molar-refractivity contribution in [3.8, 4) is 0 Å². The number of rotatable bonds is 3. The Bertz CT molecular complexity index is 712. The molecule has 0 radical (unpaired) electrons. The minimum Gasteiger partial charge on any atom is -0.378 e. The first kappa shape index (κ1) is 16.0. The Labute approximate surface area is 140 Å². The van der Waals surface area contributed by atoms with Crippen LogP contribution in [-0.2, 0) is 4.74 Å². The van der Waals surface area contributed by atoms with Crippen LogP contribution >= 0.6 is 0 Å². The van der Waals surface area contributed by atoms with E-state index >= 15 is 0 Å². The zero-order valence-electron chi connectivity index (χ0n) is 13.2. The number of hydrogen-bond acceptors (Lipinski definition) is 3. The van der Waals surface area contributed by atoms with Crippen LogP contribution in [-0.4, -0.2) is 43.1 Å².